The molecule has 0 spiro atoms. The summed E-state index contributed by atoms with van der Waals surface area (Å²) < 4.78 is 10.7. The molecule has 8 nitrogen and oxygen atoms in total. The van der Waals surface area contributed by atoms with Gasteiger partial charge in [0.2, 0.25) is 0 Å². The summed E-state index contributed by atoms with van der Waals surface area (Å²) in [6.45, 7) is 14.5. The van der Waals surface area contributed by atoms with Crippen LogP contribution in [0.2, 0.25) is 0 Å². The average molecular weight is 553 g/mol. The highest BCUT2D eigenvalue weighted by molar-refractivity contribution is 6.03. The normalized spacial score (nSPS) is 16.2. The lowest BCUT2D eigenvalue weighted by Crippen LogP contribution is -2.46. The Balaban J connectivity index is 0.000000220. The fourth-order valence-corrected chi connectivity index (χ4v) is 5.01. The second kappa shape index (κ2) is 14.7. The number of carbonyl (C=O) groups excluding carboxylic acids is 2. The SMILES string of the molecule is CCC(N)(CC)C(=O)c1ccc(N2CCOCC2)cc1.CCC(N)(CC)C(=O)c1ccc(N2CCOCC2)cc1. The van der Waals surface area contributed by atoms with E-state index < -0.39 is 11.1 Å². The molecule has 220 valence electrons. The molecule has 2 heterocycles. The monoisotopic (exact) mass is 552 g/mol. The average Bonchev–Trinajstić information content (AvgIpc) is 3.04. The number of morpholine rings is 2. The second-order valence-corrected chi connectivity index (χ2v) is 10.7. The van der Waals surface area contributed by atoms with Crippen LogP contribution in [0.5, 0.6) is 0 Å². The minimum Gasteiger partial charge on any atom is -0.378 e. The van der Waals surface area contributed by atoms with Gasteiger partial charge in [0.05, 0.1) is 37.5 Å². The molecule has 0 aromatic heterocycles. The molecule has 2 aromatic rings. The van der Waals surface area contributed by atoms with Gasteiger partial charge in [-0.3, -0.25) is 9.59 Å². The highest BCUT2D eigenvalue weighted by Gasteiger charge is 2.31. The molecule has 0 amide bonds. The summed E-state index contributed by atoms with van der Waals surface area (Å²) in [7, 11) is 0. The minimum absolute atomic E-state index is 0.0380. The van der Waals surface area contributed by atoms with Gasteiger partial charge in [0.15, 0.2) is 11.6 Å². The van der Waals surface area contributed by atoms with Crippen molar-refractivity contribution in [2.24, 2.45) is 11.5 Å². The lowest BCUT2D eigenvalue weighted by molar-refractivity contribution is 0.0873. The Labute approximate surface area is 240 Å². The van der Waals surface area contributed by atoms with E-state index in [4.69, 9.17) is 20.9 Å². The van der Waals surface area contributed by atoms with Gasteiger partial charge >= 0.3 is 0 Å². The van der Waals surface area contributed by atoms with Gasteiger partial charge in [-0.2, -0.15) is 0 Å². The standard InChI is InChI=1S/2C16H24N2O2/c2*1-3-16(17,4-2)15(19)13-5-7-14(8-6-13)18-9-11-20-12-10-18/h2*5-8H,3-4,9-12,17H2,1-2H3. The Kier molecular flexibility index (Phi) is 11.7. The molecule has 2 fully saturated rings. The largest absolute Gasteiger partial charge is 0.378 e. The topological polar surface area (TPSA) is 111 Å². The molecular formula is C32H48N4O4. The van der Waals surface area contributed by atoms with Crippen LogP contribution in [0.1, 0.15) is 74.1 Å². The van der Waals surface area contributed by atoms with E-state index >= 15 is 0 Å². The summed E-state index contributed by atoms with van der Waals surface area (Å²) in [5, 5.41) is 0. The summed E-state index contributed by atoms with van der Waals surface area (Å²) in [6, 6.07) is 15.6. The third kappa shape index (κ3) is 7.69. The number of hydrogen-bond donors (Lipinski definition) is 2. The Morgan fingerprint density at radius 3 is 1.12 bits per heavy atom. The van der Waals surface area contributed by atoms with Crippen LogP contribution in [0.3, 0.4) is 0 Å². The molecule has 0 radical (unpaired) electrons. The van der Waals surface area contributed by atoms with Crippen LogP contribution in [0.4, 0.5) is 11.4 Å². The number of ketones is 2. The maximum absolute atomic E-state index is 12.5. The predicted molar refractivity (Wildman–Crippen MR) is 163 cm³/mol. The van der Waals surface area contributed by atoms with Crippen molar-refractivity contribution in [1.82, 2.24) is 0 Å². The summed E-state index contributed by atoms with van der Waals surface area (Å²) in [6.07, 6.45) is 2.64. The van der Waals surface area contributed by atoms with Crippen molar-refractivity contribution >= 4 is 22.9 Å². The Bertz CT molecular complexity index is 980. The fraction of sp³-hybridized carbons (Fsp3) is 0.562. The van der Waals surface area contributed by atoms with E-state index in [1.807, 2.05) is 76.2 Å². The Hall–Kier alpha value is -2.78. The van der Waals surface area contributed by atoms with Crippen molar-refractivity contribution in [3.05, 3.63) is 59.7 Å². The number of nitrogens with two attached hydrogens (primary N) is 2. The zero-order chi connectivity index (χ0) is 29.2. The molecule has 0 aliphatic carbocycles. The number of anilines is 2. The third-order valence-corrected chi connectivity index (χ3v) is 8.44. The number of benzene rings is 2. The number of hydrogen-bond acceptors (Lipinski definition) is 8. The van der Waals surface area contributed by atoms with E-state index in [1.54, 1.807) is 0 Å². The molecule has 0 saturated carbocycles. The molecule has 4 rings (SSSR count). The molecule has 0 atom stereocenters. The van der Waals surface area contributed by atoms with Gasteiger partial charge in [-0.25, -0.2) is 0 Å². The molecule has 0 unspecified atom stereocenters. The summed E-state index contributed by atoms with van der Waals surface area (Å²) in [5.41, 5.74) is 14.6. The molecule has 40 heavy (non-hydrogen) atoms. The lowest BCUT2D eigenvalue weighted by Gasteiger charge is -2.29. The lowest BCUT2D eigenvalue weighted by atomic mass is 9.85. The Morgan fingerprint density at radius 1 is 0.600 bits per heavy atom. The van der Waals surface area contributed by atoms with Crippen molar-refractivity contribution < 1.29 is 19.1 Å². The molecule has 0 bridgehead atoms. The first-order valence-corrected chi connectivity index (χ1v) is 14.7. The second-order valence-electron chi connectivity index (χ2n) is 10.7. The van der Waals surface area contributed by atoms with Gasteiger partial charge in [0, 0.05) is 48.7 Å². The number of carbonyl (C=O) groups is 2. The van der Waals surface area contributed by atoms with E-state index in [1.165, 1.54) is 0 Å². The fourth-order valence-electron chi connectivity index (χ4n) is 5.01. The quantitative estimate of drug-likeness (QED) is 0.416. The summed E-state index contributed by atoms with van der Waals surface area (Å²) >= 11 is 0. The maximum atomic E-state index is 12.5. The molecule has 8 heteroatoms. The van der Waals surface area contributed by atoms with Gasteiger partial charge in [-0.15, -0.1) is 0 Å². The van der Waals surface area contributed by atoms with E-state index in [2.05, 4.69) is 9.80 Å². The first-order chi connectivity index (χ1) is 19.2. The van der Waals surface area contributed by atoms with Gasteiger partial charge in [-0.1, -0.05) is 27.7 Å². The van der Waals surface area contributed by atoms with Gasteiger partial charge in [-0.05, 0) is 74.2 Å². The van der Waals surface area contributed by atoms with E-state index in [9.17, 15) is 9.59 Å². The molecule has 2 aliphatic heterocycles. The maximum Gasteiger partial charge on any atom is 0.182 e. The molecule has 2 saturated heterocycles. The first-order valence-electron chi connectivity index (χ1n) is 14.7. The van der Waals surface area contributed by atoms with Crippen molar-refractivity contribution in [3.8, 4) is 0 Å². The van der Waals surface area contributed by atoms with Crippen LogP contribution >= 0.6 is 0 Å². The molecule has 4 N–H and O–H groups in total. The van der Waals surface area contributed by atoms with Crippen LogP contribution in [0, 0.1) is 0 Å². The first kappa shape index (κ1) is 31.7. The highest BCUT2D eigenvalue weighted by atomic mass is 16.5. The molecular weight excluding hydrogens is 504 g/mol. The van der Waals surface area contributed by atoms with Crippen LogP contribution in [0.15, 0.2) is 48.5 Å². The zero-order valence-electron chi connectivity index (χ0n) is 24.8. The minimum atomic E-state index is -0.736. The smallest absolute Gasteiger partial charge is 0.182 e. The van der Waals surface area contributed by atoms with Gasteiger partial charge in [0.1, 0.15) is 0 Å². The molecule has 2 aromatic carbocycles. The predicted octanol–water partition coefficient (Wildman–Crippen LogP) is 4.45. The number of Topliss-reactive ketones (excluding diaryl/α,β-unsaturated/α-hetero) is 2. The number of ether oxygens (including phenoxy) is 2. The van der Waals surface area contributed by atoms with Crippen LogP contribution < -0.4 is 21.3 Å². The van der Waals surface area contributed by atoms with Crippen LogP contribution in [-0.4, -0.2) is 75.3 Å². The number of rotatable bonds is 10. The van der Waals surface area contributed by atoms with Gasteiger partial charge in [0.25, 0.3) is 0 Å². The molecule has 2 aliphatic rings. The van der Waals surface area contributed by atoms with Crippen LogP contribution in [-0.2, 0) is 9.47 Å². The summed E-state index contributed by atoms with van der Waals surface area (Å²) in [4.78, 5) is 29.5. The van der Waals surface area contributed by atoms with Crippen molar-refractivity contribution in [3.63, 3.8) is 0 Å². The zero-order valence-corrected chi connectivity index (χ0v) is 24.8. The van der Waals surface area contributed by atoms with Crippen molar-refractivity contribution in [2.45, 2.75) is 64.5 Å². The highest BCUT2D eigenvalue weighted by Crippen LogP contribution is 2.23. The van der Waals surface area contributed by atoms with Crippen molar-refractivity contribution in [2.75, 3.05) is 62.4 Å². The van der Waals surface area contributed by atoms with Gasteiger partial charge < -0.3 is 30.7 Å². The third-order valence-electron chi connectivity index (χ3n) is 8.44. The Morgan fingerprint density at radius 2 is 0.875 bits per heavy atom. The van der Waals surface area contributed by atoms with Crippen LogP contribution in [0.25, 0.3) is 0 Å². The van der Waals surface area contributed by atoms with E-state index in [0.717, 1.165) is 64.0 Å². The van der Waals surface area contributed by atoms with E-state index in [0.29, 0.717) is 36.8 Å². The summed E-state index contributed by atoms with van der Waals surface area (Å²) in [5.74, 6) is 0.0760. The number of nitrogens with zero attached hydrogens (tertiary/aromatic N) is 2. The van der Waals surface area contributed by atoms with E-state index in [-0.39, 0.29) is 11.6 Å². The van der Waals surface area contributed by atoms with Crippen molar-refractivity contribution in [1.29, 1.82) is 0 Å².